The Morgan fingerprint density at radius 3 is 2.22 bits per heavy atom. The Balaban J connectivity index is 1.75. The lowest BCUT2D eigenvalue weighted by molar-refractivity contribution is -0.121. The van der Waals surface area contributed by atoms with E-state index in [9.17, 15) is 13.2 Å². The summed E-state index contributed by atoms with van der Waals surface area (Å²) in [5.74, 6) is -0.0323. The molecule has 2 heterocycles. The molecule has 0 aromatic heterocycles. The van der Waals surface area contributed by atoms with Crippen molar-refractivity contribution < 1.29 is 13.2 Å². The van der Waals surface area contributed by atoms with Crippen molar-refractivity contribution >= 4 is 21.6 Å². The molecule has 0 spiro atoms. The van der Waals surface area contributed by atoms with Gasteiger partial charge in [0.2, 0.25) is 15.9 Å². The number of nitrogens with one attached hydrogen (secondary N) is 1. The van der Waals surface area contributed by atoms with Gasteiger partial charge in [0, 0.05) is 37.8 Å². The number of carbonyl (C=O) groups excluding carboxylic acids is 1. The van der Waals surface area contributed by atoms with Crippen molar-refractivity contribution in [1.82, 2.24) is 14.1 Å². The minimum absolute atomic E-state index is 0.0137. The van der Waals surface area contributed by atoms with Gasteiger partial charge in [-0.2, -0.15) is 4.31 Å². The molecule has 0 bridgehead atoms. The summed E-state index contributed by atoms with van der Waals surface area (Å²) in [6.45, 7) is 6.06. The number of hydrogen-bond donors (Lipinski definition) is 1. The third kappa shape index (κ3) is 4.68. The fraction of sp³-hybridized carbons (Fsp3) is 0.632. The smallest absolute Gasteiger partial charge is 0.243 e. The first kappa shape index (κ1) is 20.3. The van der Waals surface area contributed by atoms with Crippen LogP contribution in [-0.2, 0) is 14.8 Å². The van der Waals surface area contributed by atoms with Crippen LogP contribution < -0.4 is 5.32 Å². The first-order valence-electron chi connectivity index (χ1n) is 9.56. The summed E-state index contributed by atoms with van der Waals surface area (Å²) >= 11 is 0. The Morgan fingerprint density at radius 1 is 1.00 bits per heavy atom. The van der Waals surface area contributed by atoms with Crippen LogP contribution in [0.15, 0.2) is 23.1 Å². The Morgan fingerprint density at radius 2 is 1.59 bits per heavy atom. The molecule has 27 heavy (non-hydrogen) atoms. The van der Waals surface area contributed by atoms with Gasteiger partial charge in [-0.1, -0.05) is 6.07 Å². The van der Waals surface area contributed by atoms with E-state index >= 15 is 0 Å². The van der Waals surface area contributed by atoms with Gasteiger partial charge in [-0.25, -0.2) is 8.42 Å². The van der Waals surface area contributed by atoms with Crippen molar-refractivity contribution in [2.24, 2.45) is 5.92 Å². The van der Waals surface area contributed by atoms with Crippen molar-refractivity contribution in [2.45, 2.75) is 24.7 Å². The van der Waals surface area contributed by atoms with Gasteiger partial charge < -0.3 is 15.1 Å². The van der Waals surface area contributed by atoms with E-state index < -0.39 is 10.0 Å². The number of carbonyl (C=O) groups is 1. The third-order valence-electron chi connectivity index (χ3n) is 5.63. The largest absolute Gasteiger partial charge is 0.326 e. The zero-order chi connectivity index (χ0) is 19.6. The molecule has 0 aliphatic carbocycles. The Labute approximate surface area is 162 Å². The molecule has 2 aliphatic rings. The molecule has 2 saturated heterocycles. The van der Waals surface area contributed by atoms with Gasteiger partial charge in [0.15, 0.2) is 0 Å². The van der Waals surface area contributed by atoms with Crippen molar-refractivity contribution in [3.8, 4) is 0 Å². The van der Waals surface area contributed by atoms with Gasteiger partial charge in [-0.3, -0.25) is 4.79 Å². The maximum Gasteiger partial charge on any atom is 0.243 e. The predicted octanol–water partition coefficient (Wildman–Crippen LogP) is 1.21. The lowest BCUT2D eigenvalue weighted by atomic mass is 9.96. The number of benzene rings is 1. The first-order chi connectivity index (χ1) is 12.8. The second-order valence-corrected chi connectivity index (χ2v) is 9.66. The molecule has 0 atom stereocenters. The number of nitrogens with zero attached hydrogens (tertiary/aromatic N) is 3. The lowest BCUT2D eigenvalue weighted by Gasteiger charge is -2.32. The van der Waals surface area contributed by atoms with Gasteiger partial charge in [-0.15, -0.1) is 0 Å². The van der Waals surface area contributed by atoms with Gasteiger partial charge in [0.25, 0.3) is 0 Å². The molecule has 3 rings (SSSR count). The molecular weight excluding hydrogens is 364 g/mol. The SMILES string of the molecule is Cc1ccc(NC(=O)C2CCN(C)CC2)cc1S(=O)(=O)N1CCN(C)CC1. The molecule has 0 radical (unpaired) electrons. The summed E-state index contributed by atoms with van der Waals surface area (Å²) in [4.78, 5) is 17.2. The van der Waals surface area contributed by atoms with Crippen LogP contribution in [0.2, 0.25) is 0 Å². The quantitative estimate of drug-likeness (QED) is 0.831. The van der Waals surface area contributed by atoms with E-state index in [1.807, 2.05) is 7.05 Å². The number of rotatable bonds is 4. The lowest BCUT2D eigenvalue weighted by Crippen LogP contribution is -2.47. The number of anilines is 1. The molecule has 1 amide bonds. The molecule has 2 fully saturated rings. The summed E-state index contributed by atoms with van der Waals surface area (Å²) < 4.78 is 27.7. The Hall–Kier alpha value is -1.48. The van der Waals surface area contributed by atoms with Crippen LogP contribution in [0.3, 0.4) is 0 Å². The van der Waals surface area contributed by atoms with Crippen LogP contribution in [0.4, 0.5) is 5.69 Å². The molecular formula is C19H30N4O3S. The number of aryl methyl sites for hydroxylation is 1. The van der Waals surface area contributed by atoms with Crippen LogP contribution in [0, 0.1) is 12.8 Å². The highest BCUT2D eigenvalue weighted by Crippen LogP contribution is 2.25. The standard InChI is InChI=1S/C19H30N4O3S/c1-15-4-5-17(20-19(24)16-6-8-21(2)9-7-16)14-18(15)27(25,26)23-12-10-22(3)11-13-23/h4-5,14,16H,6-13H2,1-3H3,(H,20,24). The highest BCUT2D eigenvalue weighted by atomic mass is 32.2. The maximum absolute atomic E-state index is 13.1. The van der Waals surface area contributed by atoms with Crippen molar-refractivity contribution in [1.29, 1.82) is 0 Å². The first-order valence-corrected chi connectivity index (χ1v) is 11.0. The zero-order valence-corrected chi connectivity index (χ0v) is 17.3. The Bertz CT molecular complexity index is 780. The summed E-state index contributed by atoms with van der Waals surface area (Å²) in [6.07, 6.45) is 1.67. The monoisotopic (exact) mass is 394 g/mol. The van der Waals surface area contributed by atoms with E-state index in [4.69, 9.17) is 0 Å². The molecule has 1 aromatic rings. The average Bonchev–Trinajstić information content (AvgIpc) is 2.64. The van der Waals surface area contributed by atoms with Crippen LogP contribution in [0.5, 0.6) is 0 Å². The predicted molar refractivity (Wildman–Crippen MR) is 106 cm³/mol. The van der Waals surface area contributed by atoms with E-state index in [-0.39, 0.29) is 16.7 Å². The number of likely N-dealkylation sites (tertiary alicyclic amines) is 1. The van der Waals surface area contributed by atoms with Gasteiger partial charge >= 0.3 is 0 Å². The number of piperazine rings is 1. The second kappa shape index (κ2) is 8.26. The average molecular weight is 395 g/mol. The molecule has 0 saturated carbocycles. The van der Waals surface area contributed by atoms with Crippen molar-refractivity contribution in [2.75, 3.05) is 58.7 Å². The third-order valence-corrected chi connectivity index (χ3v) is 7.67. The number of likely N-dealkylation sites (N-methyl/N-ethyl adjacent to an activating group) is 1. The number of hydrogen-bond acceptors (Lipinski definition) is 5. The minimum Gasteiger partial charge on any atom is -0.326 e. The van der Waals surface area contributed by atoms with Crippen LogP contribution in [0.1, 0.15) is 18.4 Å². The highest BCUT2D eigenvalue weighted by Gasteiger charge is 2.29. The summed E-state index contributed by atoms with van der Waals surface area (Å²) in [6, 6.07) is 5.16. The summed E-state index contributed by atoms with van der Waals surface area (Å²) in [5.41, 5.74) is 1.25. The van der Waals surface area contributed by atoms with E-state index in [0.29, 0.717) is 24.3 Å². The van der Waals surface area contributed by atoms with Crippen molar-refractivity contribution in [3.63, 3.8) is 0 Å². The van der Waals surface area contributed by atoms with Crippen LogP contribution in [0.25, 0.3) is 0 Å². The Kier molecular flexibility index (Phi) is 6.20. The molecule has 7 nitrogen and oxygen atoms in total. The van der Waals surface area contributed by atoms with E-state index in [2.05, 4.69) is 22.2 Å². The van der Waals surface area contributed by atoms with E-state index in [0.717, 1.165) is 39.0 Å². The normalized spacial score (nSPS) is 21.3. The fourth-order valence-corrected chi connectivity index (χ4v) is 5.31. The number of amides is 1. The molecule has 8 heteroatoms. The van der Waals surface area contributed by atoms with Gasteiger partial charge in [0.1, 0.15) is 0 Å². The topological polar surface area (TPSA) is 73.0 Å². The minimum atomic E-state index is -3.56. The van der Waals surface area contributed by atoms with Gasteiger partial charge in [-0.05, 0) is 64.6 Å². The van der Waals surface area contributed by atoms with Gasteiger partial charge in [0.05, 0.1) is 4.90 Å². The molecule has 0 unspecified atom stereocenters. The van der Waals surface area contributed by atoms with Crippen LogP contribution >= 0.6 is 0 Å². The van der Waals surface area contributed by atoms with E-state index in [1.165, 1.54) is 4.31 Å². The molecule has 1 aromatic carbocycles. The molecule has 150 valence electrons. The number of piperidine rings is 1. The number of sulfonamides is 1. The molecule has 1 N–H and O–H groups in total. The zero-order valence-electron chi connectivity index (χ0n) is 16.4. The second-order valence-electron chi connectivity index (χ2n) is 7.75. The summed E-state index contributed by atoms with van der Waals surface area (Å²) in [5, 5.41) is 2.93. The fourth-order valence-electron chi connectivity index (χ4n) is 3.64. The van der Waals surface area contributed by atoms with Crippen LogP contribution in [-0.4, -0.2) is 81.8 Å². The maximum atomic E-state index is 13.1. The van der Waals surface area contributed by atoms with Crippen molar-refractivity contribution in [3.05, 3.63) is 23.8 Å². The van der Waals surface area contributed by atoms with E-state index in [1.54, 1.807) is 25.1 Å². The molecule has 2 aliphatic heterocycles. The summed E-state index contributed by atoms with van der Waals surface area (Å²) in [7, 11) is 0.496. The highest BCUT2D eigenvalue weighted by molar-refractivity contribution is 7.89.